The van der Waals surface area contributed by atoms with Gasteiger partial charge in [-0.2, -0.15) is 0 Å². The molecule has 0 aliphatic heterocycles. The molecule has 0 bridgehead atoms. The molecule has 4 nitrogen and oxygen atoms in total. The summed E-state index contributed by atoms with van der Waals surface area (Å²) in [4.78, 5) is 0. The zero-order valence-electron chi connectivity index (χ0n) is 17.4. The van der Waals surface area contributed by atoms with Crippen LogP contribution in [-0.2, 0) is 6.42 Å². The van der Waals surface area contributed by atoms with E-state index in [0.717, 1.165) is 37.7 Å². The molecule has 4 N–H and O–H groups in total. The molecule has 1 unspecified atom stereocenters. The Morgan fingerprint density at radius 2 is 1.96 bits per heavy atom. The van der Waals surface area contributed by atoms with E-state index in [4.69, 9.17) is 10.5 Å². The van der Waals surface area contributed by atoms with Gasteiger partial charge in [0, 0.05) is 5.54 Å². The summed E-state index contributed by atoms with van der Waals surface area (Å²) in [5.41, 5.74) is 6.94. The number of hydrogen-bond acceptors (Lipinski definition) is 4. The average Bonchev–Trinajstić information content (AvgIpc) is 2.58. The summed E-state index contributed by atoms with van der Waals surface area (Å²) in [5.74, 6) is 2.12. The van der Waals surface area contributed by atoms with E-state index in [0.29, 0.717) is 17.6 Å². The van der Waals surface area contributed by atoms with Crippen LogP contribution in [0.5, 0.6) is 11.5 Å². The van der Waals surface area contributed by atoms with Gasteiger partial charge in [0.25, 0.3) is 0 Å². The minimum Gasteiger partial charge on any atom is -0.504 e. The number of ether oxygens (including phenoxy) is 1. The first-order chi connectivity index (χ1) is 12.8. The summed E-state index contributed by atoms with van der Waals surface area (Å²) in [6.45, 7) is 6.53. The third-order valence-electron chi connectivity index (χ3n) is 5.89. The molecule has 0 amide bonds. The smallest absolute Gasteiger partial charge is 0.161 e. The largest absolute Gasteiger partial charge is 0.504 e. The van der Waals surface area contributed by atoms with Crippen molar-refractivity contribution in [2.75, 3.05) is 6.61 Å². The Balaban J connectivity index is 1.84. The number of nitrogens with two attached hydrogens (primary N) is 1. The Morgan fingerprint density at radius 3 is 2.52 bits per heavy atom. The van der Waals surface area contributed by atoms with Gasteiger partial charge in [0.05, 0.1) is 12.7 Å². The van der Waals surface area contributed by atoms with Crippen molar-refractivity contribution in [2.24, 2.45) is 17.6 Å². The molecule has 0 radical (unpaired) electrons. The fraction of sp³-hybridized carbons (Fsp3) is 0.739. The van der Waals surface area contributed by atoms with Crippen LogP contribution in [-0.4, -0.2) is 28.5 Å². The number of aromatic hydroxyl groups is 1. The molecule has 0 spiro atoms. The van der Waals surface area contributed by atoms with Gasteiger partial charge in [0.15, 0.2) is 11.5 Å². The molecule has 4 heteroatoms. The minimum atomic E-state index is -0.513. The quantitative estimate of drug-likeness (QED) is 0.489. The van der Waals surface area contributed by atoms with Crippen molar-refractivity contribution in [3.05, 3.63) is 23.8 Å². The zero-order chi connectivity index (χ0) is 19.9. The van der Waals surface area contributed by atoms with Crippen molar-refractivity contribution in [3.8, 4) is 11.5 Å². The van der Waals surface area contributed by atoms with Crippen molar-refractivity contribution in [1.82, 2.24) is 0 Å². The molecule has 2 atom stereocenters. The van der Waals surface area contributed by atoms with Crippen LogP contribution in [0.1, 0.15) is 77.7 Å². The van der Waals surface area contributed by atoms with E-state index >= 15 is 0 Å². The summed E-state index contributed by atoms with van der Waals surface area (Å²) in [6, 6.07) is 5.63. The maximum atomic E-state index is 10.3. The van der Waals surface area contributed by atoms with Crippen molar-refractivity contribution in [1.29, 1.82) is 0 Å². The van der Waals surface area contributed by atoms with Gasteiger partial charge in [-0.3, -0.25) is 0 Å². The molecular formula is C23H39NO3. The summed E-state index contributed by atoms with van der Waals surface area (Å²) in [7, 11) is 0. The first-order valence-corrected chi connectivity index (χ1v) is 10.7. The molecule has 1 aliphatic carbocycles. The van der Waals surface area contributed by atoms with Crippen molar-refractivity contribution in [3.63, 3.8) is 0 Å². The molecule has 0 heterocycles. The van der Waals surface area contributed by atoms with E-state index in [1.807, 2.05) is 12.1 Å². The molecule has 1 fully saturated rings. The number of aliphatic hydroxyl groups excluding tert-OH is 1. The maximum Gasteiger partial charge on any atom is 0.161 e. The van der Waals surface area contributed by atoms with Crippen LogP contribution < -0.4 is 10.5 Å². The summed E-state index contributed by atoms with van der Waals surface area (Å²) < 4.78 is 5.91. The maximum absolute atomic E-state index is 10.3. The van der Waals surface area contributed by atoms with E-state index in [1.54, 1.807) is 6.07 Å². The van der Waals surface area contributed by atoms with E-state index in [2.05, 4.69) is 20.8 Å². The highest BCUT2D eigenvalue weighted by molar-refractivity contribution is 5.42. The first kappa shape index (κ1) is 22.0. The third-order valence-corrected chi connectivity index (χ3v) is 5.89. The van der Waals surface area contributed by atoms with Gasteiger partial charge in [-0.1, -0.05) is 45.6 Å². The molecule has 154 valence electrons. The van der Waals surface area contributed by atoms with Gasteiger partial charge in [-0.05, 0) is 68.6 Å². The van der Waals surface area contributed by atoms with Gasteiger partial charge < -0.3 is 20.7 Å². The number of phenolic OH excluding ortho intramolecular Hbond substituents is 1. The number of aliphatic hydroxyl groups is 1. The number of phenols is 1. The second-order valence-electron chi connectivity index (χ2n) is 9.08. The Bertz CT molecular complexity index is 571. The highest BCUT2D eigenvalue weighted by Crippen LogP contribution is 2.35. The number of rotatable bonds is 12. The Kier molecular flexibility index (Phi) is 8.43. The molecule has 0 aromatic heterocycles. The lowest BCUT2D eigenvalue weighted by Crippen LogP contribution is -2.46. The topological polar surface area (TPSA) is 75.7 Å². The normalized spacial score (nSPS) is 18.1. The SMILES string of the molecule is CC(C)CCC[C@H](C)Oc1ccc(CCC(N)(CO)CC2CCC2)cc1O. The Hall–Kier alpha value is -1.26. The summed E-state index contributed by atoms with van der Waals surface area (Å²) in [6.07, 6.45) is 9.56. The predicted molar refractivity (Wildman–Crippen MR) is 111 cm³/mol. The second-order valence-corrected chi connectivity index (χ2v) is 9.08. The lowest BCUT2D eigenvalue weighted by molar-refractivity contribution is 0.135. The van der Waals surface area contributed by atoms with E-state index in [9.17, 15) is 10.2 Å². The van der Waals surface area contributed by atoms with Gasteiger partial charge in [0.2, 0.25) is 0 Å². The van der Waals surface area contributed by atoms with Crippen LogP contribution in [0.3, 0.4) is 0 Å². The van der Waals surface area contributed by atoms with Gasteiger partial charge in [-0.15, -0.1) is 0 Å². The monoisotopic (exact) mass is 377 g/mol. The summed E-state index contributed by atoms with van der Waals surface area (Å²) in [5, 5.41) is 20.1. The standard InChI is InChI=1S/C23H39NO3/c1-17(2)6-4-7-18(3)27-22-11-10-19(14-21(22)26)12-13-23(24,16-25)15-20-8-5-9-20/h10-11,14,17-18,20,25-26H,4-9,12-13,15-16,24H2,1-3H3/t18-,23?/m0/s1. The molecule has 0 saturated heterocycles. The van der Waals surface area contributed by atoms with Crippen LogP contribution in [0.15, 0.2) is 18.2 Å². The fourth-order valence-corrected chi connectivity index (χ4v) is 3.82. The van der Waals surface area contributed by atoms with Crippen LogP contribution in [0.25, 0.3) is 0 Å². The van der Waals surface area contributed by atoms with Crippen LogP contribution >= 0.6 is 0 Å². The lowest BCUT2D eigenvalue weighted by atomic mass is 9.75. The molecule has 1 aliphatic rings. The number of aryl methyl sites for hydroxylation is 1. The van der Waals surface area contributed by atoms with E-state index in [-0.39, 0.29) is 18.5 Å². The van der Waals surface area contributed by atoms with Crippen molar-refractivity contribution < 1.29 is 14.9 Å². The Morgan fingerprint density at radius 1 is 1.22 bits per heavy atom. The molecular weight excluding hydrogens is 338 g/mol. The van der Waals surface area contributed by atoms with Gasteiger partial charge in [-0.25, -0.2) is 0 Å². The molecule has 1 aromatic carbocycles. The third kappa shape index (κ3) is 7.34. The molecule has 1 aromatic rings. The second kappa shape index (κ2) is 10.3. The number of benzene rings is 1. The number of hydrogen-bond donors (Lipinski definition) is 3. The highest BCUT2D eigenvalue weighted by atomic mass is 16.5. The fourth-order valence-electron chi connectivity index (χ4n) is 3.82. The lowest BCUT2D eigenvalue weighted by Gasteiger charge is -2.35. The average molecular weight is 378 g/mol. The Labute approximate surface area is 165 Å². The van der Waals surface area contributed by atoms with Crippen LogP contribution in [0.2, 0.25) is 0 Å². The van der Waals surface area contributed by atoms with Gasteiger partial charge >= 0.3 is 0 Å². The minimum absolute atomic E-state index is 0.0184. The van der Waals surface area contributed by atoms with Crippen LogP contribution in [0.4, 0.5) is 0 Å². The van der Waals surface area contributed by atoms with E-state index in [1.165, 1.54) is 25.7 Å². The molecule has 1 saturated carbocycles. The van der Waals surface area contributed by atoms with Gasteiger partial charge in [0.1, 0.15) is 0 Å². The van der Waals surface area contributed by atoms with Crippen molar-refractivity contribution >= 4 is 0 Å². The highest BCUT2D eigenvalue weighted by Gasteiger charge is 2.30. The van der Waals surface area contributed by atoms with Crippen LogP contribution in [0, 0.1) is 11.8 Å². The molecule has 27 heavy (non-hydrogen) atoms. The summed E-state index contributed by atoms with van der Waals surface area (Å²) >= 11 is 0. The van der Waals surface area contributed by atoms with E-state index < -0.39 is 5.54 Å². The zero-order valence-corrected chi connectivity index (χ0v) is 17.4. The first-order valence-electron chi connectivity index (χ1n) is 10.7. The predicted octanol–water partition coefficient (Wildman–Crippen LogP) is 4.80. The van der Waals surface area contributed by atoms with Crippen molar-refractivity contribution in [2.45, 2.75) is 90.2 Å². The molecule has 2 rings (SSSR count).